The predicted octanol–water partition coefficient (Wildman–Crippen LogP) is -0.766. The minimum atomic E-state index is -1.52. The van der Waals surface area contributed by atoms with Crippen LogP contribution in [0.5, 0.6) is 0 Å². The molecule has 106 valence electrons. The molecule has 0 aliphatic heterocycles. The standard InChI is InChI=1S/C10H13N3O5.ClH/c14-4-7(15)9(17)8(16)6-3-11-10(12-6)5-1-2-18-13-5;/h1-3,7-9,14-17H,4H2,(H,11,12);1H/t7-,8-,9-;/m1./s1. The van der Waals surface area contributed by atoms with Gasteiger partial charge in [0.05, 0.1) is 12.3 Å². The molecule has 0 unspecified atom stereocenters. The summed E-state index contributed by atoms with van der Waals surface area (Å²) in [6, 6.07) is 1.58. The molecule has 0 spiro atoms. The minimum absolute atomic E-state index is 0. The van der Waals surface area contributed by atoms with E-state index in [0.29, 0.717) is 11.5 Å². The Morgan fingerprint density at radius 2 is 2.05 bits per heavy atom. The van der Waals surface area contributed by atoms with E-state index in [2.05, 4.69) is 19.6 Å². The van der Waals surface area contributed by atoms with Gasteiger partial charge in [-0.15, -0.1) is 12.4 Å². The van der Waals surface area contributed by atoms with Gasteiger partial charge in [-0.3, -0.25) is 0 Å². The molecular formula is C10H14ClN3O5. The van der Waals surface area contributed by atoms with Crippen LogP contribution < -0.4 is 0 Å². The molecule has 9 heteroatoms. The highest BCUT2D eigenvalue weighted by Gasteiger charge is 2.27. The van der Waals surface area contributed by atoms with Gasteiger partial charge in [-0.2, -0.15) is 0 Å². The van der Waals surface area contributed by atoms with Gasteiger partial charge in [-0.1, -0.05) is 5.16 Å². The molecule has 0 saturated heterocycles. The number of aliphatic hydroxyl groups is 4. The normalized spacial score (nSPS) is 15.6. The molecule has 0 fully saturated rings. The third-order valence-corrected chi connectivity index (χ3v) is 2.49. The van der Waals surface area contributed by atoms with E-state index in [1.54, 1.807) is 6.07 Å². The molecule has 0 amide bonds. The van der Waals surface area contributed by atoms with E-state index in [0.717, 1.165) is 0 Å². The van der Waals surface area contributed by atoms with Gasteiger partial charge in [0.15, 0.2) is 5.82 Å². The summed E-state index contributed by atoms with van der Waals surface area (Å²) in [7, 11) is 0. The number of rotatable bonds is 5. The molecule has 0 aliphatic rings. The van der Waals surface area contributed by atoms with Crippen molar-refractivity contribution in [3.05, 3.63) is 24.2 Å². The zero-order valence-electron chi connectivity index (χ0n) is 9.67. The van der Waals surface area contributed by atoms with Gasteiger partial charge in [0.1, 0.15) is 30.3 Å². The largest absolute Gasteiger partial charge is 0.394 e. The lowest BCUT2D eigenvalue weighted by atomic mass is 10.1. The van der Waals surface area contributed by atoms with E-state index in [1.165, 1.54) is 12.5 Å². The Balaban J connectivity index is 0.00000180. The molecule has 0 radical (unpaired) electrons. The van der Waals surface area contributed by atoms with Crippen LogP contribution >= 0.6 is 12.4 Å². The number of hydrogen-bond donors (Lipinski definition) is 5. The van der Waals surface area contributed by atoms with Crippen molar-refractivity contribution in [1.29, 1.82) is 0 Å². The van der Waals surface area contributed by atoms with Gasteiger partial charge in [0.2, 0.25) is 0 Å². The number of hydrogen-bond acceptors (Lipinski definition) is 7. The van der Waals surface area contributed by atoms with Crippen LogP contribution in [-0.2, 0) is 0 Å². The second kappa shape index (κ2) is 6.64. The van der Waals surface area contributed by atoms with Gasteiger partial charge in [0.25, 0.3) is 0 Å². The van der Waals surface area contributed by atoms with Gasteiger partial charge >= 0.3 is 0 Å². The molecule has 0 bridgehead atoms. The molecule has 2 rings (SSSR count). The first-order valence-electron chi connectivity index (χ1n) is 5.24. The molecule has 0 saturated carbocycles. The molecule has 2 aromatic heterocycles. The number of aliphatic hydroxyl groups excluding tert-OH is 4. The summed E-state index contributed by atoms with van der Waals surface area (Å²) < 4.78 is 4.65. The first kappa shape index (κ1) is 15.6. The van der Waals surface area contributed by atoms with Crippen molar-refractivity contribution in [2.45, 2.75) is 18.3 Å². The Morgan fingerprint density at radius 3 is 2.63 bits per heavy atom. The lowest BCUT2D eigenvalue weighted by Crippen LogP contribution is -2.34. The number of imidazole rings is 1. The fourth-order valence-corrected chi connectivity index (χ4v) is 1.45. The first-order chi connectivity index (χ1) is 8.63. The van der Waals surface area contributed by atoms with Crippen LogP contribution in [0.2, 0.25) is 0 Å². The quantitative estimate of drug-likeness (QED) is 0.488. The average Bonchev–Trinajstić information content (AvgIpc) is 3.05. The summed E-state index contributed by atoms with van der Waals surface area (Å²) in [5.41, 5.74) is 0.582. The highest BCUT2D eigenvalue weighted by atomic mass is 35.5. The number of H-pyrrole nitrogens is 1. The monoisotopic (exact) mass is 291 g/mol. The summed E-state index contributed by atoms with van der Waals surface area (Å²) in [5.74, 6) is 0.364. The summed E-state index contributed by atoms with van der Waals surface area (Å²) in [6.45, 7) is -0.654. The Labute approximate surface area is 114 Å². The number of halogens is 1. The lowest BCUT2D eigenvalue weighted by Gasteiger charge is -2.19. The summed E-state index contributed by atoms with van der Waals surface area (Å²) in [4.78, 5) is 6.76. The number of aromatic nitrogens is 3. The van der Waals surface area contributed by atoms with Crippen molar-refractivity contribution in [1.82, 2.24) is 15.1 Å². The van der Waals surface area contributed by atoms with Crippen molar-refractivity contribution in [3.8, 4) is 11.5 Å². The molecule has 8 nitrogen and oxygen atoms in total. The number of aromatic amines is 1. The van der Waals surface area contributed by atoms with E-state index < -0.39 is 24.9 Å². The zero-order valence-corrected chi connectivity index (χ0v) is 10.5. The van der Waals surface area contributed by atoms with Crippen LogP contribution in [0.4, 0.5) is 0 Å². The molecule has 3 atom stereocenters. The van der Waals surface area contributed by atoms with E-state index in [9.17, 15) is 15.3 Å². The first-order valence-corrected chi connectivity index (χ1v) is 5.24. The van der Waals surface area contributed by atoms with Gasteiger partial charge < -0.3 is 29.9 Å². The van der Waals surface area contributed by atoms with Gasteiger partial charge in [-0.05, 0) is 0 Å². The Hall–Kier alpha value is -1.45. The van der Waals surface area contributed by atoms with Crippen molar-refractivity contribution in [2.75, 3.05) is 6.61 Å². The van der Waals surface area contributed by atoms with Crippen molar-refractivity contribution in [3.63, 3.8) is 0 Å². The second-order valence-electron chi connectivity index (χ2n) is 3.74. The molecule has 19 heavy (non-hydrogen) atoms. The number of nitrogens with one attached hydrogen (secondary N) is 1. The molecule has 0 aromatic carbocycles. The van der Waals surface area contributed by atoms with Crippen LogP contribution in [0, 0.1) is 0 Å². The highest BCUT2D eigenvalue weighted by Crippen LogP contribution is 2.20. The average molecular weight is 292 g/mol. The maximum atomic E-state index is 9.75. The highest BCUT2D eigenvalue weighted by molar-refractivity contribution is 5.85. The maximum absolute atomic E-state index is 9.75. The van der Waals surface area contributed by atoms with Crippen molar-refractivity contribution in [2.24, 2.45) is 0 Å². The zero-order chi connectivity index (χ0) is 13.1. The molecular weight excluding hydrogens is 278 g/mol. The predicted molar refractivity (Wildman–Crippen MR) is 65.4 cm³/mol. The van der Waals surface area contributed by atoms with Crippen LogP contribution in [-0.4, -0.2) is 54.4 Å². The van der Waals surface area contributed by atoms with Crippen molar-refractivity contribution >= 4 is 12.4 Å². The SMILES string of the molecule is Cl.OC[C@@H](O)[C@@H](O)[C@H](O)c1c[nH]c(-c2ccon2)n1. The maximum Gasteiger partial charge on any atom is 0.159 e. The van der Waals surface area contributed by atoms with E-state index in [-0.39, 0.29) is 18.1 Å². The van der Waals surface area contributed by atoms with E-state index in [1.807, 2.05) is 0 Å². The topological polar surface area (TPSA) is 136 Å². The van der Waals surface area contributed by atoms with Gasteiger partial charge in [0, 0.05) is 12.3 Å². The summed E-state index contributed by atoms with van der Waals surface area (Å²) in [5, 5.41) is 40.8. The van der Waals surface area contributed by atoms with Gasteiger partial charge in [-0.25, -0.2) is 4.98 Å². The van der Waals surface area contributed by atoms with Crippen LogP contribution in [0.3, 0.4) is 0 Å². The Morgan fingerprint density at radius 1 is 1.32 bits per heavy atom. The van der Waals surface area contributed by atoms with Crippen LogP contribution in [0.25, 0.3) is 11.5 Å². The Bertz CT molecular complexity index is 489. The smallest absolute Gasteiger partial charge is 0.159 e. The third kappa shape index (κ3) is 3.31. The number of nitrogens with zero attached hydrogens (tertiary/aromatic N) is 2. The summed E-state index contributed by atoms with van der Waals surface area (Å²) >= 11 is 0. The molecule has 2 heterocycles. The van der Waals surface area contributed by atoms with Crippen LogP contribution in [0.15, 0.2) is 23.0 Å². The lowest BCUT2D eigenvalue weighted by molar-refractivity contribution is -0.0788. The second-order valence-corrected chi connectivity index (χ2v) is 3.74. The van der Waals surface area contributed by atoms with Crippen molar-refractivity contribution < 1.29 is 24.9 Å². The minimum Gasteiger partial charge on any atom is -0.394 e. The van der Waals surface area contributed by atoms with E-state index >= 15 is 0 Å². The van der Waals surface area contributed by atoms with Crippen LogP contribution in [0.1, 0.15) is 11.8 Å². The molecule has 5 N–H and O–H groups in total. The van der Waals surface area contributed by atoms with E-state index in [4.69, 9.17) is 5.11 Å². The fourth-order valence-electron chi connectivity index (χ4n) is 1.45. The molecule has 0 aliphatic carbocycles. The fraction of sp³-hybridized carbons (Fsp3) is 0.400. The molecule has 2 aromatic rings. The summed E-state index contributed by atoms with van der Waals surface area (Å²) in [6.07, 6.45) is -1.62. The Kier molecular flexibility index (Phi) is 5.45. The third-order valence-electron chi connectivity index (χ3n) is 2.49.